The average molecular weight is 281 g/mol. The maximum absolute atomic E-state index is 4.09. The number of rotatable bonds is 5. The van der Waals surface area contributed by atoms with E-state index in [-0.39, 0.29) is 12.4 Å². The second-order valence-corrected chi connectivity index (χ2v) is 4.69. The highest BCUT2D eigenvalue weighted by atomic mass is 35.5. The van der Waals surface area contributed by atoms with Gasteiger partial charge in [-0.2, -0.15) is 0 Å². The van der Waals surface area contributed by atoms with Crippen LogP contribution in [0.4, 0.5) is 0 Å². The zero-order valence-electron chi connectivity index (χ0n) is 10.3. The standard InChI is InChI=1S/C14H16N2S.ClH/c1-17-14-6-4-12(5-7-14)9-16-11-13-3-2-8-15-10-13;/h2-8,10,16H,9,11H2,1H3;1H. The van der Waals surface area contributed by atoms with Crippen LogP contribution in [0, 0.1) is 0 Å². The summed E-state index contributed by atoms with van der Waals surface area (Å²) in [5.41, 5.74) is 2.53. The van der Waals surface area contributed by atoms with Crippen molar-refractivity contribution in [3.63, 3.8) is 0 Å². The molecule has 18 heavy (non-hydrogen) atoms. The summed E-state index contributed by atoms with van der Waals surface area (Å²) in [6, 6.07) is 12.7. The lowest BCUT2D eigenvalue weighted by Gasteiger charge is -2.05. The van der Waals surface area contributed by atoms with Gasteiger partial charge >= 0.3 is 0 Å². The maximum atomic E-state index is 4.09. The van der Waals surface area contributed by atoms with Gasteiger partial charge in [0.1, 0.15) is 0 Å². The van der Waals surface area contributed by atoms with E-state index in [9.17, 15) is 0 Å². The SMILES string of the molecule is CSc1ccc(CNCc2cccnc2)cc1.Cl. The second kappa shape index (κ2) is 8.14. The van der Waals surface area contributed by atoms with E-state index < -0.39 is 0 Å². The first kappa shape index (κ1) is 15.0. The van der Waals surface area contributed by atoms with Crippen molar-refractivity contribution >= 4 is 24.2 Å². The molecule has 0 amide bonds. The molecule has 0 spiro atoms. The Morgan fingerprint density at radius 1 is 1.06 bits per heavy atom. The Morgan fingerprint density at radius 3 is 2.39 bits per heavy atom. The molecule has 2 aromatic rings. The van der Waals surface area contributed by atoms with Crippen molar-refractivity contribution in [2.24, 2.45) is 0 Å². The lowest BCUT2D eigenvalue weighted by Crippen LogP contribution is -2.12. The first-order chi connectivity index (χ1) is 8.38. The van der Waals surface area contributed by atoms with E-state index >= 15 is 0 Å². The summed E-state index contributed by atoms with van der Waals surface area (Å²) in [7, 11) is 0. The maximum Gasteiger partial charge on any atom is 0.0312 e. The first-order valence-corrected chi connectivity index (χ1v) is 6.83. The van der Waals surface area contributed by atoms with Crippen molar-refractivity contribution in [1.82, 2.24) is 10.3 Å². The molecule has 4 heteroatoms. The molecule has 0 unspecified atom stereocenters. The molecule has 96 valence electrons. The van der Waals surface area contributed by atoms with E-state index in [1.54, 1.807) is 18.0 Å². The monoisotopic (exact) mass is 280 g/mol. The normalized spacial score (nSPS) is 9.83. The summed E-state index contributed by atoms with van der Waals surface area (Å²) in [5, 5.41) is 3.41. The Bertz CT molecular complexity index is 445. The molecular formula is C14H17ClN2S. The molecule has 2 rings (SSSR count). The number of pyridine rings is 1. The third kappa shape index (κ3) is 4.69. The van der Waals surface area contributed by atoms with Gasteiger partial charge in [-0.1, -0.05) is 18.2 Å². The van der Waals surface area contributed by atoms with Gasteiger partial charge in [0.15, 0.2) is 0 Å². The molecule has 0 saturated carbocycles. The molecule has 0 bridgehead atoms. The Hall–Kier alpha value is -1.03. The summed E-state index contributed by atoms with van der Waals surface area (Å²) in [5.74, 6) is 0. The average Bonchev–Trinajstić information content (AvgIpc) is 2.41. The van der Waals surface area contributed by atoms with Crippen LogP contribution in [-0.2, 0) is 13.1 Å². The zero-order valence-corrected chi connectivity index (χ0v) is 11.9. The van der Waals surface area contributed by atoms with E-state index in [0.717, 1.165) is 13.1 Å². The molecule has 0 fully saturated rings. The fraction of sp³-hybridized carbons (Fsp3) is 0.214. The van der Waals surface area contributed by atoms with Crippen molar-refractivity contribution < 1.29 is 0 Å². The molecule has 0 aliphatic heterocycles. The lowest BCUT2D eigenvalue weighted by atomic mass is 10.2. The topological polar surface area (TPSA) is 24.9 Å². The van der Waals surface area contributed by atoms with Crippen molar-refractivity contribution in [1.29, 1.82) is 0 Å². The van der Waals surface area contributed by atoms with Gasteiger partial charge in [-0.05, 0) is 35.6 Å². The molecule has 0 aliphatic rings. The van der Waals surface area contributed by atoms with Crippen LogP contribution in [0.5, 0.6) is 0 Å². The molecular weight excluding hydrogens is 264 g/mol. The molecule has 1 N–H and O–H groups in total. The number of hydrogen-bond acceptors (Lipinski definition) is 3. The summed E-state index contributed by atoms with van der Waals surface area (Å²) >= 11 is 1.77. The number of aromatic nitrogens is 1. The highest BCUT2D eigenvalue weighted by molar-refractivity contribution is 7.98. The summed E-state index contributed by atoms with van der Waals surface area (Å²) in [6.45, 7) is 1.75. The molecule has 1 aromatic heterocycles. The fourth-order valence-electron chi connectivity index (χ4n) is 1.60. The second-order valence-electron chi connectivity index (χ2n) is 3.81. The molecule has 1 heterocycles. The van der Waals surface area contributed by atoms with E-state index in [1.165, 1.54) is 16.0 Å². The Morgan fingerprint density at radius 2 is 1.78 bits per heavy atom. The van der Waals surface area contributed by atoms with E-state index in [4.69, 9.17) is 0 Å². The molecule has 1 aromatic carbocycles. The lowest BCUT2D eigenvalue weighted by molar-refractivity contribution is 0.691. The van der Waals surface area contributed by atoms with Gasteiger partial charge in [0.25, 0.3) is 0 Å². The van der Waals surface area contributed by atoms with Gasteiger partial charge in [-0.3, -0.25) is 4.98 Å². The van der Waals surface area contributed by atoms with Crippen LogP contribution >= 0.6 is 24.2 Å². The largest absolute Gasteiger partial charge is 0.309 e. The number of benzene rings is 1. The summed E-state index contributed by atoms with van der Waals surface area (Å²) in [4.78, 5) is 5.40. The molecule has 2 nitrogen and oxygen atoms in total. The van der Waals surface area contributed by atoms with Gasteiger partial charge in [0.2, 0.25) is 0 Å². The Labute approximate surface area is 119 Å². The van der Waals surface area contributed by atoms with E-state index in [2.05, 4.69) is 46.9 Å². The fourth-order valence-corrected chi connectivity index (χ4v) is 2.01. The van der Waals surface area contributed by atoms with Crippen LogP contribution in [0.25, 0.3) is 0 Å². The molecule has 0 radical (unpaired) electrons. The van der Waals surface area contributed by atoms with Crippen LogP contribution in [0.1, 0.15) is 11.1 Å². The van der Waals surface area contributed by atoms with Crippen LogP contribution in [0.2, 0.25) is 0 Å². The van der Waals surface area contributed by atoms with Crippen LogP contribution in [0.3, 0.4) is 0 Å². The quantitative estimate of drug-likeness (QED) is 0.849. The Balaban J connectivity index is 0.00000162. The third-order valence-corrected chi connectivity index (χ3v) is 3.28. The minimum atomic E-state index is 0. The van der Waals surface area contributed by atoms with Crippen LogP contribution in [0.15, 0.2) is 53.7 Å². The number of nitrogens with zero attached hydrogens (tertiary/aromatic N) is 1. The third-order valence-electron chi connectivity index (χ3n) is 2.54. The van der Waals surface area contributed by atoms with Crippen molar-refractivity contribution in [2.45, 2.75) is 18.0 Å². The highest BCUT2D eigenvalue weighted by Gasteiger charge is 1.95. The van der Waals surface area contributed by atoms with Crippen molar-refractivity contribution in [3.05, 3.63) is 59.9 Å². The minimum absolute atomic E-state index is 0. The van der Waals surface area contributed by atoms with Gasteiger partial charge in [-0.15, -0.1) is 24.2 Å². The van der Waals surface area contributed by atoms with Gasteiger partial charge in [0.05, 0.1) is 0 Å². The first-order valence-electron chi connectivity index (χ1n) is 5.61. The van der Waals surface area contributed by atoms with E-state index in [0.29, 0.717) is 0 Å². The number of thioether (sulfide) groups is 1. The van der Waals surface area contributed by atoms with Crippen molar-refractivity contribution in [2.75, 3.05) is 6.26 Å². The summed E-state index contributed by atoms with van der Waals surface area (Å²) < 4.78 is 0. The van der Waals surface area contributed by atoms with Gasteiger partial charge in [0, 0.05) is 30.4 Å². The van der Waals surface area contributed by atoms with Crippen molar-refractivity contribution in [3.8, 4) is 0 Å². The predicted molar refractivity (Wildman–Crippen MR) is 80.3 cm³/mol. The molecule has 0 saturated heterocycles. The molecule has 0 aliphatic carbocycles. The predicted octanol–water partition coefficient (Wildman–Crippen LogP) is 3.52. The van der Waals surface area contributed by atoms with Gasteiger partial charge in [-0.25, -0.2) is 0 Å². The summed E-state index contributed by atoms with van der Waals surface area (Å²) in [6.07, 6.45) is 5.78. The van der Waals surface area contributed by atoms with E-state index in [1.807, 2.05) is 12.3 Å². The highest BCUT2D eigenvalue weighted by Crippen LogP contribution is 2.14. The number of nitrogens with one attached hydrogen (secondary N) is 1. The Kier molecular flexibility index (Phi) is 6.80. The number of halogens is 1. The van der Waals surface area contributed by atoms with Crippen LogP contribution < -0.4 is 5.32 Å². The smallest absolute Gasteiger partial charge is 0.0312 e. The number of hydrogen-bond donors (Lipinski definition) is 1. The van der Waals surface area contributed by atoms with Gasteiger partial charge < -0.3 is 5.32 Å². The molecule has 0 atom stereocenters. The van der Waals surface area contributed by atoms with Crippen LogP contribution in [-0.4, -0.2) is 11.2 Å². The zero-order chi connectivity index (χ0) is 11.9. The minimum Gasteiger partial charge on any atom is -0.309 e.